The molecule has 13 aromatic rings. The SMILES string of the molecule is CC1(C)c2ccc3ccc(-c4cccc5ccccc45)c4c3c2-c2c(ccc3ccc(-c5ccc(-c6ccc7ccc8c9c7c6C(C)(C)c6ccc7ccc(-c%10cccc%11ccccc%10%11)c(c7c6-9)C8(C)C)cc5)c1c23)C4(C)C. The second kappa shape index (κ2) is 14.7. The largest absolute Gasteiger partial charge is 0.0616 e. The van der Waals surface area contributed by atoms with Gasteiger partial charge in [-0.1, -0.05) is 262 Å². The molecule has 0 aromatic heterocycles. The Morgan fingerprint density at radius 3 is 0.808 bits per heavy atom. The molecule has 0 radical (unpaired) electrons. The minimum absolute atomic E-state index is 0.253. The lowest BCUT2D eigenvalue weighted by Gasteiger charge is -2.44. The lowest BCUT2D eigenvalue weighted by Crippen LogP contribution is -2.31. The van der Waals surface area contributed by atoms with Crippen LogP contribution < -0.4 is 0 Å². The molecular formula is C78H58. The van der Waals surface area contributed by atoms with Crippen molar-refractivity contribution in [3.8, 4) is 66.8 Å². The average Bonchev–Trinajstić information content (AvgIpc) is 2.11. The Labute approximate surface area is 456 Å². The van der Waals surface area contributed by atoms with Crippen molar-refractivity contribution >= 4 is 64.6 Å². The first kappa shape index (κ1) is 44.5. The van der Waals surface area contributed by atoms with E-state index >= 15 is 0 Å². The van der Waals surface area contributed by atoms with E-state index in [1.807, 2.05) is 0 Å². The Morgan fingerprint density at radius 2 is 0.474 bits per heavy atom. The monoisotopic (exact) mass is 994 g/mol. The summed E-state index contributed by atoms with van der Waals surface area (Å²) in [5.41, 5.74) is 26.6. The van der Waals surface area contributed by atoms with Crippen molar-refractivity contribution < 1.29 is 0 Å². The van der Waals surface area contributed by atoms with Gasteiger partial charge in [0.2, 0.25) is 0 Å². The predicted molar refractivity (Wildman–Crippen MR) is 333 cm³/mol. The molecule has 17 rings (SSSR count). The van der Waals surface area contributed by atoms with Crippen LogP contribution in [0.5, 0.6) is 0 Å². The summed E-state index contributed by atoms with van der Waals surface area (Å²) in [6.07, 6.45) is 0. The van der Waals surface area contributed by atoms with Gasteiger partial charge in [0.1, 0.15) is 0 Å². The maximum absolute atomic E-state index is 2.49. The molecule has 0 saturated heterocycles. The minimum Gasteiger partial charge on any atom is -0.0616 e. The van der Waals surface area contributed by atoms with E-state index in [4.69, 9.17) is 0 Å². The molecule has 0 N–H and O–H groups in total. The lowest BCUT2D eigenvalue weighted by molar-refractivity contribution is 0.629. The standard InChI is InChI=1S/C78H58/c1-75(2)59-39-33-49-29-37-57(55-21-13-17-43-15-9-11-19-51(43)55)73-65(49)69(59)67-61(77(73,5)6)41-31-47-27-35-53(71(75)63(47)67)45-23-25-46(26-24-45)54-36-28-48-32-42-62-68-64(48)72(54)76(3,4)60-40-34-50-30-38-58(74(78(62,7)8)66(50)70(60)68)56-22-14-18-44-16-10-12-20-52(44)56/h9-42H,1-8H3. The molecular weight excluding hydrogens is 937 g/mol. The second-order valence-electron chi connectivity index (χ2n) is 25.4. The van der Waals surface area contributed by atoms with Crippen LogP contribution >= 0.6 is 0 Å². The summed E-state index contributed by atoms with van der Waals surface area (Å²) in [4.78, 5) is 0. The third-order valence-corrected chi connectivity index (χ3v) is 20.1. The molecule has 4 aliphatic rings. The Hall–Kier alpha value is -8.58. The molecule has 0 bridgehead atoms. The molecule has 0 heterocycles. The normalized spacial score (nSPS) is 16.1. The Bertz CT molecular complexity index is 4610. The van der Waals surface area contributed by atoms with Crippen LogP contribution in [0.3, 0.4) is 0 Å². The number of hydrogen-bond acceptors (Lipinski definition) is 0. The summed E-state index contributed by atoms with van der Waals surface area (Å²) in [5, 5.41) is 16.1. The van der Waals surface area contributed by atoms with E-state index in [0.717, 1.165) is 0 Å². The Balaban J connectivity index is 0.851. The van der Waals surface area contributed by atoms with Crippen molar-refractivity contribution in [2.75, 3.05) is 0 Å². The molecule has 370 valence electrons. The van der Waals surface area contributed by atoms with E-state index in [-0.39, 0.29) is 21.7 Å². The van der Waals surface area contributed by atoms with Gasteiger partial charge in [-0.2, -0.15) is 0 Å². The predicted octanol–water partition coefficient (Wildman–Crippen LogP) is 21.2. The molecule has 0 fully saturated rings. The topological polar surface area (TPSA) is 0 Å². The van der Waals surface area contributed by atoms with Crippen molar-refractivity contribution in [2.45, 2.75) is 77.0 Å². The molecule has 0 saturated carbocycles. The minimum atomic E-state index is -0.274. The van der Waals surface area contributed by atoms with Crippen molar-refractivity contribution in [1.29, 1.82) is 0 Å². The molecule has 0 amide bonds. The van der Waals surface area contributed by atoms with Crippen LogP contribution in [0.2, 0.25) is 0 Å². The van der Waals surface area contributed by atoms with Gasteiger partial charge in [0.05, 0.1) is 0 Å². The van der Waals surface area contributed by atoms with Gasteiger partial charge in [-0.05, 0) is 176 Å². The fourth-order valence-electron chi connectivity index (χ4n) is 16.6. The third-order valence-electron chi connectivity index (χ3n) is 20.1. The van der Waals surface area contributed by atoms with E-state index in [1.54, 1.807) is 0 Å². The molecule has 0 aliphatic heterocycles. The molecule has 4 aliphatic carbocycles. The zero-order valence-corrected chi connectivity index (χ0v) is 45.6. The summed E-state index contributed by atoms with van der Waals surface area (Å²) < 4.78 is 0. The van der Waals surface area contributed by atoms with Crippen molar-refractivity contribution in [2.24, 2.45) is 0 Å². The van der Waals surface area contributed by atoms with Gasteiger partial charge in [-0.25, -0.2) is 0 Å². The van der Waals surface area contributed by atoms with Gasteiger partial charge < -0.3 is 0 Å². The maximum atomic E-state index is 2.49. The first-order chi connectivity index (χ1) is 37.7. The van der Waals surface area contributed by atoms with Crippen molar-refractivity contribution in [3.63, 3.8) is 0 Å². The quantitative estimate of drug-likeness (QED) is 0.165. The molecule has 0 nitrogen and oxygen atoms in total. The van der Waals surface area contributed by atoms with E-state index in [1.165, 1.54) is 176 Å². The van der Waals surface area contributed by atoms with Gasteiger partial charge in [-0.3, -0.25) is 0 Å². The summed E-state index contributed by atoms with van der Waals surface area (Å²) >= 11 is 0. The van der Waals surface area contributed by atoms with E-state index in [2.05, 4.69) is 262 Å². The van der Waals surface area contributed by atoms with E-state index in [0.29, 0.717) is 0 Å². The van der Waals surface area contributed by atoms with Gasteiger partial charge in [-0.15, -0.1) is 0 Å². The fourth-order valence-corrected chi connectivity index (χ4v) is 16.6. The van der Waals surface area contributed by atoms with Crippen LogP contribution in [0, 0.1) is 0 Å². The number of fused-ring (bicyclic) bond motifs is 2. The van der Waals surface area contributed by atoms with Crippen LogP contribution in [0.25, 0.3) is 131 Å². The molecule has 78 heavy (non-hydrogen) atoms. The first-order valence-corrected chi connectivity index (χ1v) is 28.2. The molecule has 0 atom stereocenters. The highest BCUT2D eigenvalue weighted by Gasteiger charge is 2.46. The third kappa shape index (κ3) is 5.37. The Morgan fingerprint density at radius 1 is 0.205 bits per heavy atom. The number of hydrogen-bond donors (Lipinski definition) is 0. The zero-order valence-electron chi connectivity index (χ0n) is 45.6. The highest BCUT2D eigenvalue weighted by Crippen LogP contribution is 2.64. The average molecular weight is 995 g/mol. The Kier molecular flexibility index (Phi) is 8.40. The van der Waals surface area contributed by atoms with Gasteiger partial charge in [0.25, 0.3) is 0 Å². The molecule has 0 spiro atoms. The van der Waals surface area contributed by atoms with Crippen molar-refractivity contribution in [1.82, 2.24) is 0 Å². The number of benzene rings is 13. The fraction of sp³-hybridized carbons (Fsp3) is 0.154. The second-order valence-corrected chi connectivity index (χ2v) is 25.4. The molecule has 0 heteroatoms. The van der Waals surface area contributed by atoms with Gasteiger partial charge in [0.15, 0.2) is 0 Å². The number of rotatable bonds is 4. The van der Waals surface area contributed by atoms with E-state index in [9.17, 15) is 0 Å². The van der Waals surface area contributed by atoms with Crippen LogP contribution in [0.15, 0.2) is 206 Å². The summed E-state index contributed by atoms with van der Waals surface area (Å²) in [7, 11) is 0. The van der Waals surface area contributed by atoms with Gasteiger partial charge in [0, 0.05) is 21.7 Å². The summed E-state index contributed by atoms with van der Waals surface area (Å²) in [6, 6.07) is 79.8. The highest BCUT2D eigenvalue weighted by atomic mass is 14.5. The van der Waals surface area contributed by atoms with E-state index < -0.39 is 0 Å². The smallest absolute Gasteiger partial charge is 0.0165 e. The zero-order chi connectivity index (χ0) is 52.5. The van der Waals surface area contributed by atoms with Crippen LogP contribution in [-0.2, 0) is 21.7 Å². The van der Waals surface area contributed by atoms with Crippen LogP contribution in [-0.4, -0.2) is 0 Å². The summed E-state index contributed by atoms with van der Waals surface area (Å²) in [5.74, 6) is 0. The lowest BCUT2D eigenvalue weighted by atomic mass is 9.58. The summed E-state index contributed by atoms with van der Waals surface area (Å²) in [6.45, 7) is 19.9. The van der Waals surface area contributed by atoms with Crippen LogP contribution in [0.1, 0.15) is 99.9 Å². The van der Waals surface area contributed by atoms with Crippen LogP contribution in [0.4, 0.5) is 0 Å². The maximum Gasteiger partial charge on any atom is 0.0165 e. The first-order valence-electron chi connectivity index (χ1n) is 28.2. The highest BCUT2D eigenvalue weighted by molar-refractivity contribution is 6.20. The molecule has 13 aromatic carbocycles. The van der Waals surface area contributed by atoms with Gasteiger partial charge >= 0.3 is 0 Å². The molecule has 0 unspecified atom stereocenters. The van der Waals surface area contributed by atoms with Crippen molar-refractivity contribution in [3.05, 3.63) is 251 Å².